The lowest BCUT2D eigenvalue weighted by molar-refractivity contribution is 1.28. The third kappa shape index (κ3) is 4.24. The molecular weight excluding hydrogens is 470 g/mol. The lowest BCUT2D eigenvalue weighted by atomic mass is 9.90. The first-order valence-corrected chi connectivity index (χ1v) is 13.4. The van der Waals surface area contributed by atoms with E-state index in [9.17, 15) is 0 Å². The first-order valence-electron chi connectivity index (χ1n) is 13.4. The van der Waals surface area contributed by atoms with Crippen molar-refractivity contribution in [2.45, 2.75) is 0 Å². The Morgan fingerprint density at radius 2 is 0.846 bits per heavy atom. The van der Waals surface area contributed by atoms with E-state index < -0.39 is 0 Å². The van der Waals surface area contributed by atoms with Gasteiger partial charge >= 0.3 is 0 Å². The van der Waals surface area contributed by atoms with Crippen LogP contribution in [0, 0.1) is 0 Å². The number of para-hydroxylation sites is 2. The first kappa shape index (κ1) is 23.0. The highest BCUT2D eigenvalue weighted by atomic mass is 15.1. The van der Waals surface area contributed by atoms with Gasteiger partial charge in [-0.2, -0.15) is 0 Å². The van der Waals surface area contributed by atoms with Crippen LogP contribution in [0.2, 0.25) is 0 Å². The maximum atomic E-state index is 2.37. The van der Waals surface area contributed by atoms with Crippen molar-refractivity contribution >= 4 is 38.6 Å². The molecule has 0 atom stereocenters. The van der Waals surface area contributed by atoms with Gasteiger partial charge in [0.2, 0.25) is 0 Å². The predicted octanol–water partition coefficient (Wildman–Crippen LogP) is 10.8. The topological polar surface area (TPSA) is 3.24 Å². The highest BCUT2D eigenvalue weighted by molar-refractivity contribution is 6.13. The number of anilines is 3. The van der Waals surface area contributed by atoms with E-state index in [0.29, 0.717) is 0 Å². The van der Waals surface area contributed by atoms with Gasteiger partial charge in [0.15, 0.2) is 0 Å². The van der Waals surface area contributed by atoms with E-state index in [1.54, 1.807) is 0 Å². The van der Waals surface area contributed by atoms with Crippen LogP contribution in [-0.2, 0) is 0 Å². The zero-order chi connectivity index (χ0) is 26.0. The van der Waals surface area contributed by atoms with E-state index in [1.165, 1.54) is 43.8 Å². The number of nitrogens with zero attached hydrogens (tertiary/aromatic N) is 1. The first-order chi connectivity index (χ1) is 19.4. The monoisotopic (exact) mass is 497 g/mol. The summed E-state index contributed by atoms with van der Waals surface area (Å²) in [5, 5.41) is 5.05. The van der Waals surface area contributed by atoms with Crippen LogP contribution >= 0.6 is 0 Å². The summed E-state index contributed by atoms with van der Waals surface area (Å²) in [7, 11) is 0. The summed E-state index contributed by atoms with van der Waals surface area (Å²) in [6.07, 6.45) is 0. The summed E-state index contributed by atoms with van der Waals surface area (Å²) in [6.45, 7) is 0. The standard InChI is InChI=1S/C38H27N/c1-4-14-28(15-5-1)36-27-31(38-34-22-12-10-16-29(34)26-30-17-11-13-23-35(30)38)24-25-37(36)39(32-18-6-2-7-19-32)33-20-8-3-9-21-33/h1-27H. The highest BCUT2D eigenvalue weighted by Gasteiger charge is 2.19. The lowest BCUT2D eigenvalue weighted by Gasteiger charge is -2.28. The van der Waals surface area contributed by atoms with E-state index in [4.69, 9.17) is 0 Å². The van der Waals surface area contributed by atoms with Gasteiger partial charge in [-0.25, -0.2) is 0 Å². The molecule has 0 spiro atoms. The Kier molecular flexibility index (Phi) is 5.88. The number of benzene rings is 7. The van der Waals surface area contributed by atoms with Crippen molar-refractivity contribution in [1.29, 1.82) is 0 Å². The minimum atomic E-state index is 1.13. The van der Waals surface area contributed by atoms with Crippen LogP contribution in [0.25, 0.3) is 43.8 Å². The summed E-state index contributed by atoms with van der Waals surface area (Å²) in [6, 6.07) is 58.7. The van der Waals surface area contributed by atoms with Gasteiger partial charge in [-0.05, 0) is 80.7 Å². The van der Waals surface area contributed by atoms with Crippen molar-refractivity contribution in [1.82, 2.24) is 0 Å². The molecule has 0 amide bonds. The molecule has 0 aliphatic rings. The number of hydrogen-bond acceptors (Lipinski definition) is 1. The molecule has 0 aromatic heterocycles. The molecule has 1 heteroatoms. The maximum Gasteiger partial charge on any atom is 0.0540 e. The molecule has 0 saturated heterocycles. The molecule has 7 rings (SSSR count). The van der Waals surface area contributed by atoms with Crippen LogP contribution in [0.5, 0.6) is 0 Å². The van der Waals surface area contributed by atoms with Crippen LogP contribution in [0.15, 0.2) is 164 Å². The van der Waals surface area contributed by atoms with Crippen LogP contribution in [-0.4, -0.2) is 0 Å². The van der Waals surface area contributed by atoms with Crippen molar-refractivity contribution in [2.75, 3.05) is 4.90 Å². The molecule has 0 N–H and O–H groups in total. The SMILES string of the molecule is c1ccc(-c2cc(-c3c4ccccc4cc4ccccc34)ccc2N(c2ccccc2)c2ccccc2)cc1. The largest absolute Gasteiger partial charge is 0.310 e. The Balaban J connectivity index is 1.53. The molecule has 0 radical (unpaired) electrons. The Morgan fingerprint density at radius 1 is 0.359 bits per heavy atom. The van der Waals surface area contributed by atoms with Crippen LogP contribution in [0.1, 0.15) is 0 Å². The van der Waals surface area contributed by atoms with Gasteiger partial charge in [0.1, 0.15) is 0 Å². The highest BCUT2D eigenvalue weighted by Crippen LogP contribution is 2.44. The third-order valence-electron chi connectivity index (χ3n) is 7.41. The van der Waals surface area contributed by atoms with Gasteiger partial charge < -0.3 is 4.90 Å². The fourth-order valence-corrected chi connectivity index (χ4v) is 5.64. The summed E-state index contributed by atoms with van der Waals surface area (Å²) < 4.78 is 0. The molecule has 1 nitrogen and oxygen atoms in total. The van der Waals surface area contributed by atoms with Crippen LogP contribution in [0.3, 0.4) is 0 Å². The van der Waals surface area contributed by atoms with Crippen molar-refractivity contribution in [3.63, 3.8) is 0 Å². The zero-order valence-corrected chi connectivity index (χ0v) is 21.5. The van der Waals surface area contributed by atoms with Crippen LogP contribution < -0.4 is 4.90 Å². The third-order valence-corrected chi connectivity index (χ3v) is 7.41. The fourth-order valence-electron chi connectivity index (χ4n) is 5.64. The Morgan fingerprint density at radius 3 is 1.41 bits per heavy atom. The van der Waals surface area contributed by atoms with Gasteiger partial charge in [-0.1, -0.05) is 121 Å². The summed E-state index contributed by atoms with van der Waals surface area (Å²) in [4.78, 5) is 2.35. The number of hydrogen-bond donors (Lipinski definition) is 0. The second-order valence-electron chi connectivity index (χ2n) is 9.80. The molecule has 0 aliphatic heterocycles. The Labute approximate surface area is 229 Å². The molecule has 0 heterocycles. The Bertz CT molecular complexity index is 1800. The van der Waals surface area contributed by atoms with Gasteiger partial charge in [0.05, 0.1) is 5.69 Å². The quantitative estimate of drug-likeness (QED) is 0.214. The van der Waals surface area contributed by atoms with Gasteiger partial charge in [0, 0.05) is 16.9 Å². The van der Waals surface area contributed by atoms with Gasteiger partial charge in [-0.15, -0.1) is 0 Å². The molecule has 0 saturated carbocycles. The minimum Gasteiger partial charge on any atom is -0.310 e. The molecular formula is C38H27N. The molecule has 184 valence electrons. The Hall–Kier alpha value is -5.14. The van der Waals surface area contributed by atoms with Crippen molar-refractivity contribution in [3.05, 3.63) is 164 Å². The molecule has 0 aliphatic carbocycles. The fraction of sp³-hybridized carbons (Fsp3) is 0. The van der Waals surface area contributed by atoms with Crippen molar-refractivity contribution < 1.29 is 0 Å². The normalized spacial score (nSPS) is 11.1. The molecule has 7 aromatic rings. The van der Waals surface area contributed by atoms with E-state index in [1.807, 2.05) is 0 Å². The molecule has 0 fully saturated rings. The molecule has 0 unspecified atom stereocenters. The zero-order valence-electron chi connectivity index (χ0n) is 21.5. The van der Waals surface area contributed by atoms with E-state index >= 15 is 0 Å². The van der Waals surface area contributed by atoms with Crippen molar-refractivity contribution in [3.8, 4) is 22.3 Å². The van der Waals surface area contributed by atoms with Gasteiger partial charge in [0.25, 0.3) is 0 Å². The van der Waals surface area contributed by atoms with E-state index in [-0.39, 0.29) is 0 Å². The number of rotatable bonds is 5. The summed E-state index contributed by atoms with van der Waals surface area (Å²) in [5.74, 6) is 0. The van der Waals surface area contributed by atoms with Crippen molar-refractivity contribution in [2.24, 2.45) is 0 Å². The lowest BCUT2D eigenvalue weighted by Crippen LogP contribution is -2.11. The molecule has 0 bridgehead atoms. The minimum absolute atomic E-state index is 1.13. The maximum absolute atomic E-state index is 2.37. The number of fused-ring (bicyclic) bond motifs is 2. The van der Waals surface area contributed by atoms with E-state index in [0.717, 1.165) is 17.1 Å². The average molecular weight is 498 g/mol. The van der Waals surface area contributed by atoms with E-state index in [2.05, 4.69) is 169 Å². The predicted molar refractivity (Wildman–Crippen MR) is 167 cm³/mol. The molecule has 39 heavy (non-hydrogen) atoms. The second kappa shape index (κ2) is 9.96. The summed E-state index contributed by atoms with van der Waals surface area (Å²) >= 11 is 0. The van der Waals surface area contributed by atoms with Gasteiger partial charge in [-0.3, -0.25) is 0 Å². The average Bonchev–Trinajstić information content (AvgIpc) is 3.02. The van der Waals surface area contributed by atoms with Crippen LogP contribution in [0.4, 0.5) is 17.1 Å². The summed E-state index contributed by atoms with van der Waals surface area (Å²) in [5.41, 5.74) is 8.28. The smallest absolute Gasteiger partial charge is 0.0540 e. The molecule has 7 aromatic carbocycles. The second-order valence-corrected chi connectivity index (χ2v) is 9.80.